The number of hydrogen-bond donors (Lipinski definition) is 0. The Hall–Kier alpha value is -1.72. The van der Waals surface area contributed by atoms with Gasteiger partial charge in [0.25, 0.3) is 0 Å². The Morgan fingerprint density at radius 2 is 1.75 bits per heavy atom. The lowest BCUT2D eigenvalue weighted by Crippen LogP contribution is -2.45. The maximum Gasteiger partial charge on any atom is 0.305 e. The van der Waals surface area contributed by atoms with E-state index in [9.17, 15) is 9.59 Å². The molecule has 3 atom stereocenters. The normalized spacial score (nSPS) is 21.9. The molecule has 0 saturated heterocycles. The summed E-state index contributed by atoms with van der Waals surface area (Å²) in [4.78, 5) is 24.3. The van der Waals surface area contributed by atoms with Crippen molar-refractivity contribution in [3.63, 3.8) is 0 Å². The predicted molar refractivity (Wildman–Crippen MR) is 134 cm³/mol. The van der Waals surface area contributed by atoms with Crippen LogP contribution in [-0.2, 0) is 18.8 Å². The number of hydrogen-bond acceptors (Lipinski definition) is 4. The smallest absolute Gasteiger partial charge is 0.305 e. The average molecular weight is 459 g/mol. The van der Waals surface area contributed by atoms with E-state index in [-0.39, 0.29) is 28.9 Å². The average Bonchev–Trinajstić information content (AvgIpc) is 3.02. The molecule has 1 aromatic rings. The molecule has 32 heavy (non-hydrogen) atoms. The first kappa shape index (κ1) is 26.5. The molecule has 0 spiro atoms. The number of carbonyl (C=O) groups is 2. The number of Topliss-reactive ketones (excluding diaryl/α,β-unsaturated/α-hetero) is 1. The summed E-state index contributed by atoms with van der Waals surface area (Å²) in [5.74, 6) is 0.330. The molecule has 0 heterocycles. The third-order valence-electron chi connectivity index (χ3n) is 7.15. The second-order valence-corrected chi connectivity index (χ2v) is 15.3. The number of benzene rings is 1. The van der Waals surface area contributed by atoms with E-state index in [4.69, 9.17) is 9.16 Å². The minimum absolute atomic E-state index is 0.0188. The Labute approximate surface area is 195 Å². The third kappa shape index (κ3) is 7.70. The molecule has 1 saturated carbocycles. The van der Waals surface area contributed by atoms with Gasteiger partial charge in [0.1, 0.15) is 5.78 Å². The van der Waals surface area contributed by atoms with Crippen molar-refractivity contribution in [2.45, 2.75) is 90.0 Å². The van der Waals surface area contributed by atoms with E-state index >= 15 is 0 Å². The molecular formula is C27H42O4Si. The summed E-state index contributed by atoms with van der Waals surface area (Å²) in [6, 6.07) is 10.3. The lowest BCUT2D eigenvalue weighted by Gasteiger charge is -2.39. The van der Waals surface area contributed by atoms with E-state index in [0.29, 0.717) is 18.6 Å². The molecule has 0 aliphatic heterocycles. The van der Waals surface area contributed by atoms with Gasteiger partial charge in [-0.25, -0.2) is 0 Å². The quantitative estimate of drug-likeness (QED) is 0.208. The lowest BCUT2D eigenvalue weighted by atomic mass is 9.88. The van der Waals surface area contributed by atoms with Crippen molar-refractivity contribution in [1.82, 2.24) is 0 Å². The molecule has 1 aliphatic rings. The van der Waals surface area contributed by atoms with Gasteiger partial charge >= 0.3 is 5.97 Å². The zero-order valence-corrected chi connectivity index (χ0v) is 21.9. The molecule has 178 valence electrons. The summed E-state index contributed by atoms with van der Waals surface area (Å²) in [6.45, 7) is 11.3. The molecule has 0 amide bonds. The molecule has 1 aliphatic carbocycles. The topological polar surface area (TPSA) is 52.6 Å². The molecule has 0 radical (unpaired) electrons. The number of methoxy groups -OCH3 is 1. The van der Waals surface area contributed by atoms with Crippen molar-refractivity contribution in [2.24, 2.45) is 11.8 Å². The fourth-order valence-corrected chi connectivity index (χ4v) is 5.47. The number of unbranched alkanes of at least 4 members (excludes halogenated alkanes) is 3. The summed E-state index contributed by atoms with van der Waals surface area (Å²) in [5.41, 5.74) is 1.15. The van der Waals surface area contributed by atoms with Gasteiger partial charge < -0.3 is 9.16 Å². The fraction of sp³-hybridized carbons (Fsp3) is 0.630. The molecule has 1 aromatic carbocycles. The number of esters is 1. The van der Waals surface area contributed by atoms with Crippen molar-refractivity contribution in [3.8, 4) is 0 Å². The largest absolute Gasteiger partial charge is 0.469 e. The second kappa shape index (κ2) is 11.9. The fourth-order valence-electron chi connectivity index (χ4n) is 4.12. The summed E-state index contributed by atoms with van der Waals surface area (Å²) in [5, 5.41) is 0.113. The maximum atomic E-state index is 13.0. The monoisotopic (exact) mass is 458 g/mol. The van der Waals surface area contributed by atoms with Crippen molar-refractivity contribution in [1.29, 1.82) is 0 Å². The number of ether oxygens (including phenoxy) is 1. The van der Waals surface area contributed by atoms with Gasteiger partial charge in [-0.05, 0) is 36.5 Å². The zero-order chi connectivity index (χ0) is 23.8. The van der Waals surface area contributed by atoms with Crippen LogP contribution in [0.1, 0.15) is 71.3 Å². The van der Waals surface area contributed by atoms with Gasteiger partial charge in [-0.2, -0.15) is 0 Å². The van der Waals surface area contributed by atoms with Crippen LogP contribution in [0.5, 0.6) is 0 Å². The first-order chi connectivity index (χ1) is 15.0. The summed E-state index contributed by atoms with van der Waals surface area (Å²) in [6.07, 6.45) is 10.1. The van der Waals surface area contributed by atoms with Crippen LogP contribution in [0, 0.1) is 11.8 Å². The lowest BCUT2D eigenvalue weighted by molar-refractivity contribution is -0.140. The Kier molecular flexibility index (Phi) is 9.90. The first-order valence-electron chi connectivity index (χ1n) is 12.1. The Balaban J connectivity index is 2.06. The summed E-state index contributed by atoms with van der Waals surface area (Å²) < 4.78 is 11.5. The van der Waals surface area contributed by atoms with Crippen molar-refractivity contribution in [2.75, 3.05) is 7.11 Å². The number of rotatable bonds is 11. The van der Waals surface area contributed by atoms with Crippen molar-refractivity contribution in [3.05, 3.63) is 42.0 Å². The van der Waals surface area contributed by atoms with E-state index in [1.165, 1.54) is 7.11 Å². The maximum absolute atomic E-state index is 13.0. The molecule has 5 heteroatoms. The molecule has 0 N–H and O–H groups in total. The van der Waals surface area contributed by atoms with Gasteiger partial charge in [-0.15, -0.1) is 0 Å². The van der Waals surface area contributed by atoms with Crippen molar-refractivity contribution < 1.29 is 18.8 Å². The van der Waals surface area contributed by atoms with E-state index in [1.807, 2.05) is 18.2 Å². The highest BCUT2D eigenvalue weighted by Gasteiger charge is 2.46. The van der Waals surface area contributed by atoms with E-state index in [2.05, 4.69) is 58.2 Å². The van der Waals surface area contributed by atoms with E-state index < -0.39 is 8.32 Å². The van der Waals surface area contributed by atoms with Crippen LogP contribution in [-0.4, -0.2) is 33.3 Å². The summed E-state index contributed by atoms with van der Waals surface area (Å²) >= 11 is 0. The van der Waals surface area contributed by atoms with Crippen LogP contribution >= 0.6 is 0 Å². The minimum atomic E-state index is -1.97. The molecule has 0 aromatic heterocycles. The highest BCUT2D eigenvalue weighted by Crippen LogP contribution is 2.43. The van der Waals surface area contributed by atoms with Crippen LogP contribution in [0.15, 0.2) is 36.4 Å². The van der Waals surface area contributed by atoms with E-state index in [1.54, 1.807) is 0 Å². The Bertz CT molecular complexity index is 764. The van der Waals surface area contributed by atoms with Crippen LogP contribution in [0.4, 0.5) is 0 Å². The number of ketones is 1. The molecule has 4 nitrogen and oxygen atoms in total. The molecule has 1 fully saturated rings. The second-order valence-electron chi connectivity index (χ2n) is 10.6. The first-order valence-corrected chi connectivity index (χ1v) is 15.0. The van der Waals surface area contributed by atoms with Gasteiger partial charge in [-0.3, -0.25) is 9.59 Å². The van der Waals surface area contributed by atoms with Crippen LogP contribution < -0.4 is 0 Å². The SMILES string of the molecule is COC(=O)CCCCCC[C@H]1C(=O)CC(O[Si](C)(C)C(C)(C)C)[C@@H]1/C=C/c1ccccc1. The Morgan fingerprint density at radius 3 is 2.38 bits per heavy atom. The highest BCUT2D eigenvalue weighted by molar-refractivity contribution is 6.74. The molecule has 0 bridgehead atoms. The predicted octanol–water partition coefficient (Wildman–Crippen LogP) is 6.81. The minimum Gasteiger partial charge on any atom is -0.469 e. The van der Waals surface area contributed by atoms with Crippen LogP contribution in [0.3, 0.4) is 0 Å². The highest BCUT2D eigenvalue weighted by atomic mass is 28.4. The van der Waals surface area contributed by atoms with Gasteiger partial charge in [0.15, 0.2) is 8.32 Å². The van der Waals surface area contributed by atoms with Gasteiger partial charge in [0.05, 0.1) is 13.2 Å². The van der Waals surface area contributed by atoms with Crippen molar-refractivity contribution >= 4 is 26.1 Å². The third-order valence-corrected chi connectivity index (χ3v) is 11.7. The van der Waals surface area contributed by atoms with Gasteiger partial charge in [0.2, 0.25) is 0 Å². The van der Waals surface area contributed by atoms with Crippen LogP contribution in [0.2, 0.25) is 18.1 Å². The Morgan fingerprint density at radius 1 is 1.09 bits per heavy atom. The standard InChI is InChI=1S/C27H42O4Si/c1-27(2,3)32(5,6)31-25-20-24(28)22(16-12-7-8-13-17-26(29)30-4)23(25)19-18-21-14-10-9-11-15-21/h9-11,14-15,18-19,22-23,25H,7-8,12-13,16-17,20H2,1-6H3/b19-18+/t22-,23-,25?/m1/s1. The van der Waals surface area contributed by atoms with Crippen LogP contribution in [0.25, 0.3) is 6.08 Å². The molecule has 2 rings (SSSR count). The zero-order valence-electron chi connectivity index (χ0n) is 20.9. The van der Waals surface area contributed by atoms with Gasteiger partial charge in [0, 0.05) is 24.7 Å². The molecular weight excluding hydrogens is 416 g/mol. The summed E-state index contributed by atoms with van der Waals surface area (Å²) in [7, 11) is -0.542. The van der Waals surface area contributed by atoms with Gasteiger partial charge in [-0.1, -0.05) is 82.5 Å². The van der Waals surface area contributed by atoms with E-state index in [0.717, 1.165) is 37.7 Å². The number of carbonyl (C=O) groups excluding carboxylic acids is 2. The molecule has 1 unspecified atom stereocenters.